The van der Waals surface area contributed by atoms with Gasteiger partial charge in [0.1, 0.15) is 11.3 Å². The van der Waals surface area contributed by atoms with Crippen LogP contribution in [0.3, 0.4) is 0 Å². The van der Waals surface area contributed by atoms with Crippen LogP contribution in [0, 0.1) is 0 Å². The summed E-state index contributed by atoms with van der Waals surface area (Å²) in [5.41, 5.74) is 3.08. The number of ether oxygens (including phenoxy) is 3. The number of anilines is 1. The molecule has 2 heterocycles. The van der Waals surface area contributed by atoms with Crippen LogP contribution in [0.15, 0.2) is 71.3 Å². The molecular formula is C26H22N2O6. The van der Waals surface area contributed by atoms with Gasteiger partial charge in [-0.1, -0.05) is 18.2 Å². The highest BCUT2D eigenvalue weighted by Gasteiger charge is 2.17. The smallest absolute Gasteiger partial charge is 0.253 e. The van der Waals surface area contributed by atoms with E-state index in [-0.39, 0.29) is 25.0 Å². The van der Waals surface area contributed by atoms with Crippen molar-refractivity contribution >= 4 is 28.5 Å². The van der Waals surface area contributed by atoms with Gasteiger partial charge in [-0.05, 0) is 42.0 Å². The molecule has 0 atom stereocenters. The Morgan fingerprint density at radius 2 is 1.85 bits per heavy atom. The largest absolute Gasteiger partial charge is 0.497 e. The van der Waals surface area contributed by atoms with Gasteiger partial charge in [-0.3, -0.25) is 9.59 Å². The number of carbonyl (C=O) groups is 2. The molecule has 8 nitrogen and oxygen atoms in total. The second kappa shape index (κ2) is 9.19. The first-order valence-corrected chi connectivity index (χ1v) is 10.7. The number of rotatable bonds is 7. The maximum absolute atomic E-state index is 12.9. The summed E-state index contributed by atoms with van der Waals surface area (Å²) in [4.78, 5) is 25.6. The van der Waals surface area contributed by atoms with E-state index in [0.29, 0.717) is 40.6 Å². The van der Waals surface area contributed by atoms with Crippen molar-refractivity contribution in [2.24, 2.45) is 0 Å². The molecule has 0 fully saturated rings. The van der Waals surface area contributed by atoms with Gasteiger partial charge in [0.25, 0.3) is 5.91 Å². The van der Waals surface area contributed by atoms with Gasteiger partial charge in [0, 0.05) is 23.6 Å². The average molecular weight is 458 g/mol. The topological polar surface area (TPSA) is 99.0 Å². The molecule has 0 spiro atoms. The fourth-order valence-corrected chi connectivity index (χ4v) is 3.81. The highest BCUT2D eigenvalue weighted by Crippen LogP contribution is 2.32. The van der Waals surface area contributed by atoms with E-state index in [1.165, 1.54) is 0 Å². The zero-order valence-corrected chi connectivity index (χ0v) is 18.4. The zero-order chi connectivity index (χ0) is 23.5. The van der Waals surface area contributed by atoms with Crippen LogP contribution in [0.4, 0.5) is 5.69 Å². The summed E-state index contributed by atoms with van der Waals surface area (Å²) >= 11 is 0. The van der Waals surface area contributed by atoms with Crippen LogP contribution in [-0.2, 0) is 17.8 Å². The molecule has 5 rings (SSSR count). The summed E-state index contributed by atoms with van der Waals surface area (Å²) in [7, 11) is 1.58. The molecule has 0 saturated carbocycles. The molecule has 172 valence electrons. The van der Waals surface area contributed by atoms with E-state index in [9.17, 15) is 9.59 Å². The second-order valence-corrected chi connectivity index (χ2v) is 7.76. The molecule has 2 N–H and O–H groups in total. The third-order valence-corrected chi connectivity index (χ3v) is 5.55. The summed E-state index contributed by atoms with van der Waals surface area (Å²) in [5.74, 6) is 1.47. The number of benzene rings is 3. The van der Waals surface area contributed by atoms with Crippen LogP contribution in [0.5, 0.6) is 17.2 Å². The SMILES string of the molecule is COc1ccc2c(CC(=O)Nc3ccccc3C(=O)NCc3ccc4c(c3)OCO4)coc2c1. The predicted octanol–water partition coefficient (Wildman–Crippen LogP) is 4.28. The van der Waals surface area contributed by atoms with E-state index in [1.807, 2.05) is 30.3 Å². The van der Waals surface area contributed by atoms with Crippen molar-refractivity contribution in [1.29, 1.82) is 0 Å². The van der Waals surface area contributed by atoms with Gasteiger partial charge in [-0.2, -0.15) is 0 Å². The van der Waals surface area contributed by atoms with Gasteiger partial charge >= 0.3 is 0 Å². The predicted molar refractivity (Wildman–Crippen MR) is 125 cm³/mol. The average Bonchev–Trinajstić information content (AvgIpc) is 3.49. The van der Waals surface area contributed by atoms with Gasteiger partial charge in [0.2, 0.25) is 12.7 Å². The lowest BCUT2D eigenvalue weighted by atomic mass is 10.1. The zero-order valence-electron chi connectivity index (χ0n) is 18.4. The lowest BCUT2D eigenvalue weighted by Gasteiger charge is -2.12. The van der Waals surface area contributed by atoms with Gasteiger partial charge < -0.3 is 29.3 Å². The number of hydrogen-bond donors (Lipinski definition) is 2. The Hall–Kier alpha value is -4.46. The van der Waals surface area contributed by atoms with E-state index < -0.39 is 0 Å². The summed E-state index contributed by atoms with van der Waals surface area (Å²) in [6.07, 6.45) is 1.67. The summed E-state index contributed by atoms with van der Waals surface area (Å²) in [5, 5.41) is 6.57. The van der Waals surface area contributed by atoms with E-state index >= 15 is 0 Å². The molecule has 34 heavy (non-hydrogen) atoms. The summed E-state index contributed by atoms with van der Waals surface area (Å²) in [6, 6.07) is 17.9. The number of fused-ring (bicyclic) bond motifs is 2. The van der Waals surface area contributed by atoms with Crippen molar-refractivity contribution < 1.29 is 28.2 Å². The maximum Gasteiger partial charge on any atom is 0.253 e. The van der Waals surface area contributed by atoms with E-state index in [2.05, 4.69) is 10.6 Å². The number of amides is 2. The number of methoxy groups -OCH3 is 1. The first-order valence-electron chi connectivity index (χ1n) is 10.7. The van der Waals surface area contributed by atoms with E-state index in [1.54, 1.807) is 43.7 Å². The molecular weight excluding hydrogens is 436 g/mol. The third-order valence-electron chi connectivity index (χ3n) is 5.55. The van der Waals surface area contributed by atoms with Crippen molar-refractivity contribution in [3.63, 3.8) is 0 Å². The quantitative estimate of drug-likeness (QED) is 0.429. The first kappa shape index (κ1) is 21.4. The minimum Gasteiger partial charge on any atom is -0.497 e. The van der Waals surface area contributed by atoms with E-state index in [4.69, 9.17) is 18.6 Å². The van der Waals surface area contributed by atoms with E-state index in [0.717, 1.165) is 16.5 Å². The van der Waals surface area contributed by atoms with Crippen molar-refractivity contribution in [1.82, 2.24) is 5.32 Å². The molecule has 3 aromatic carbocycles. The summed E-state index contributed by atoms with van der Waals surface area (Å²) < 4.78 is 21.5. The van der Waals surface area contributed by atoms with Crippen molar-refractivity contribution in [3.8, 4) is 17.2 Å². The minimum absolute atomic E-state index is 0.104. The monoisotopic (exact) mass is 458 g/mol. The third kappa shape index (κ3) is 4.38. The molecule has 0 saturated heterocycles. The normalized spacial score (nSPS) is 11.9. The molecule has 2 amide bonds. The van der Waals surface area contributed by atoms with Crippen molar-refractivity contribution in [2.75, 3.05) is 19.2 Å². The van der Waals surface area contributed by atoms with Crippen molar-refractivity contribution in [3.05, 3.63) is 83.6 Å². The Morgan fingerprint density at radius 3 is 2.74 bits per heavy atom. The number of nitrogens with one attached hydrogen (secondary N) is 2. The number of para-hydroxylation sites is 1. The Morgan fingerprint density at radius 1 is 1.00 bits per heavy atom. The Kier molecular flexibility index (Phi) is 5.78. The molecule has 4 aromatic rings. The van der Waals surface area contributed by atoms with Crippen LogP contribution >= 0.6 is 0 Å². The van der Waals surface area contributed by atoms with Gasteiger partial charge in [0.05, 0.1) is 31.0 Å². The molecule has 0 aliphatic carbocycles. The maximum atomic E-state index is 12.9. The lowest BCUT2D eigenvalue weighted by molar-refractivity contribution is -0.115. The molecule has 1 aliphatic heterocycles. The van der Waals surface area contributed by atoms with Crippen LogP contribution in [0.1, 0.15) is 21.5 Å². The minimum atomic E-state index is -0.297. The molecule has 0 unspecified atom stereocenters. The van der Waals surface area contributed by atoms with Gasteiger partial charge in [-0.25, -0.2) is 0 Å². The number of furan rings is 1. The van der Waals surface area contributed by atoms with Crippen LogP contribution in [0.2, 0.25) is 0 Å². The van der Waals surface area contributed by atoms with Gasteiger partial charge in [-0.15, -0.1) is 0 Å². The molecule has 0 bridgehead atoms. The van der Waals surface area contributed by atoms with Crippen molar-refractivity contribution in [2.45, 2.75) is 13.0 Å². The highest BCUT2D eigenvalue weighted by atomic mass is 16.7. The van der Waals surface area contributed by atoms with Crippen LogP contribution < -0.4 is 24.8 Å². The number of hydrogen-bond acceptors (Lipinski definition) is 6. The second-order valence-electron chi connectivity index (χ2n) is 7.76. The Labute approximate surface area is 195 Å². The van der Waals surface area contributed by atoms with Gasteiger partial charge in [0.15, 0.2) is 11.5 Å². The molecule has 1 aliphatic rings. The molecule has 8 heteroatoms. The molecule has 1 aromatic heterocycles. The lowest BCUT2D eigenvalue weighted by Crippen LogP contribution is -2.25. The van der Waals surface area contributed by atoms with Crippen LogP contribution in [0.25, 0.3) is 11.0 Å². The fraction of sp³-hybridized carbons (Fsp3) is 0.154. The van der Waals surface area contributed by atoms with Crippen LogP contribution in [-0.4, -0.2) is 25.7 Å². The molecule has 0 radical (unpaired) electrons. The Bertz CT molecular complexity index is 1380. The standard InChI is InChI=1S/C26H22N2O6/c1-31-18-7-8-19-17(14-32-23(19)12-18)11-25(29)28-21-5-3-2-4-20(21)26(30)27-13-16-6-9-22-24(10-16)34-15-33-22/h2-10,12,14H,11,13,15H2,1H3,(H,27,30)(H,28,29). The Balaban J connectivity index is 1.25. The fourth-order valence-electron chi connectivity index (χ4n) is 3.81. The first-order chi connectivity index (χ1) is 16.6. The number of carbonyl (C=O) groups excluding carboxylic acids is 2. The highest BCUT2D eigenvalue weighted by molar-refractivity contribution is 6.04. The summed E-state index contributed by atoms with van der Waals surface area (Å²) in [6.45, 7) is 0.503.